The average Bonchev–Trinajstić information content (AvgIpc) is 2.70. The summed E-state index contributed by atoms with van der Waals surface area (Å²) in [6.07, 6.45) is 1.78. The van der Waals surface area contributed by atoms with E-state index in [0.29, 0.717) is 11.0 Å². The van der Waals surface area contributed by atoms with E-state index in [4.69, 9.17) is 16.7 Å². The predicted molar refractivity (Wildman–Crippen MR) is 66.9 cm³/mol. The second-order valence-electron chi connectivity index (χ2n) is 3.78. The van der Waals surface area contributed by atoms with Gasteiger partial charge in [0.2, 0.25) is 5.91 Å². The minimum atomic E-state index is -0.976. The molecule has 0 spiro atoms. The molecule has 2 rings (SSSR count). The van der Waals surface area contributed by atoms with Crippen LogP contribution in [0.15, 0.2) is 11.2 Å². The number of carbonyl (C=O) groups is 2. The van der Waals surface area contributed by atoms with Crippen molar-refractivity contribution in [3.05, 3.63) is 11.2 Å². The number of hydrogen-bond donors (Lipinski definition) is 1. The van der Waals surface area contributed by atoms with E-state index in [9.17, 15) is 9.59 Å². The Morgan fingerprint density at radius 2 is 2.33 bits per heavy atom. The van der Waals surface area contributed by atoms with Gasteiger partial charge in [-0.05, 0) is 6.26 Å². The first-order valence-electron chi connectivity index (χ1n) is 5.13. The number of aromatic nitrogens is 2. The predicted octanol–water partition coefficient (Wildman–Crippen LogP) is 1.29. The first-order valence-corrected chi connectivity index (χ1v) is 6.73. The molecule has 96 valence electrons. The number of amides is 1. The zero-order valence-corrected chi connectivity index (χ0v) is 11.0. The molecule has 1 aliphatic rings. The van der Waals surface area contributed by atoms with Gasteiger partial charge in [0.1, 0.15) is 11.0 Å². The quantitative estimate of drug-likeness (QED) is 0.512. The fourth-order valence-corrected chi connectivity index (χ4v) is 2.31. The highest BCUT2D eigenvalue weighted by Gasteiger charge is 2.36. The molecule has 0 aromatic carbocycles. The van der Waals surface area contributed by atoms with E-state index >= 15 is 0 Å². The molecule has 6 nitrogen and oxygen atoms in total. The lowest BCUT2D eigenvalue weighted by molar-refractivity contribution is -0.141. The second-order valence-corrected chi connectivity index (χ2v) is 4.94. The lowest BCUT2D eigenvalue weighted by Crippen LogP contribution is -2.26. The topological polar surface area (TPSA) is 83.4 Å². The van der Waals surface area contributed by atoms with Crippen LogP contribution in [0.3, 0.4) is 0 Å². The summed E-state index contributed by atoms with van der Waals surface area (Å²) in [7, 11) is 0. The summed E-state index contributed by atoms with van der Waals surface area (Å²) in [5, 5.41) is 9.59. The van der Waals surface area contributed by atoms with E-state index in [0.717, 1.165) is 0 Å². The van der Waals surface area contributed by atoms with Gasteiger partial charge in [-0.1, -0.05) is 23.4 Å². The van der Waals surface area contributed by atoms with Crippen molar-refractivity contribution in [2.45, 2.75) is 11.6 Å². The van der Waals surface area contributed by atoms with Crippen molar-refractivity contribution in [1.29, 1.82) is 0 Å². The highest BCUT2D eigenvalue weighted by atomic mass is 35.5. The van der Waals surface area contributed by atoms with Crippen LogP contribution in [0.4, 0.5) is 5.82 Å². The molecule has 0 aliphatic carbocycles. The van der Waals surface area contributed by atoms with Crippen LogP contribution < -0.4 is 4.90 Å². The van der Waals surface area contributed by atoms with Crippen LogP contribution in [0.5, 0.6) is 0 Å². The summed E-state index contributed by atoms with van der Waals surface area (Å²) >= 11 is 7.14. The van der Waals surface area contributed by atoms with Crippen LogP contribution in [0, 0.1) is 5.92 Å². The Balaban J connectivity index is 2.29. The molecule has 1 amide bonds. The maximum Gasteiger partial charge on any atom is 0.308 e. The highest BCUT2D eigenvalue weighted by molar-refractivity contribution is 7.98. The number of hydrogen-bond acceptors (Lipinski definition) is 5. The van der Waals surface area contributed by atoms with Crippen LogP contribution in [0.2, 0.25) is 5.15 Å². The largest absolute Gasteiger partial charge is 0.481 e. The fraction of sp³-hybridized carbons (Fsp3) is 0.400. The van der Waals surface area contributed by atoms with Crippen LogP contribution in [-0.2, 0) is 9.59 Å². The van der Waals surface area contributed by atoms with E-state index in [1.807, 2.05) is 0 Å². The number of halogens is 1. The van der Waals surface area contributed by atoms with Crippen molar-refractivity contribution in [3.8, 4) is 0 Å². The standard InChI is InChI=1S/C10H10ClN3O3S/c1-18-10-12-6(11)3-7(13-10)14-4-5(9(16)17)2-8(14)15/h3,5H,2,4H2,1H3,(H,16,17). The number of thioether (sulfide) groups is 1. The number of carbonyl (C=O) groups excluding carboxylic acids is 1. The normalized spacial score (nSPS) is 19.3. The number of carboxylic acid groups (broad SMARTS) is 1. The van der Waals surface area contributed by atoms with Gasteiger partial charge < -0.3 is 5.11 Å². The summed E-state index contributed by atoms with van der Waals surface area (Å²) < 4.78 is 0. The van der Waals surface area contributed by atoms with Crippen LogP contribution in [0.1, 0.15) is 6.42 Å². The average molecular weight is 288 g/mol. The molecule has 1 saturated heterocycles. The number of rotatable bonds is 3. The second kappa shape index (κ2) is 5.11. The Labute approximate surface area is 112 Å². The number of carboxylic acids is 1. The monoisotopic (exact) mass is 287 g/mol. The van der Waals surface area contributed by atoms with E-state index < -0.39 is 11.9 Å². The number of aliphatic carboxylic acids is 1. The molecule has 1 unspecified atom stereocenters. The molecule has 2 heterocycles. The molecule has 1 fully saturated rings. The summed E-state index contributed by atoms with van der Waals surface area (Å²) in [5.74, 6) is -1.57. The first-order chi connectivity index (χ1) is 8.51. The van der Waals surface area contributed by atoms with Crippen molar-refractivity contribution in [3.63, 3.8) is 0 Å². The summed E-state index contributed by atoms with van der Waals surface area (Å²) in [6, 6.07) is 1.46. The first kappa shape index (κ1) is 13.1. The molecular weight excluding hydrogens is 278 g/mol. The Morgan fingerprint density at radius 1 is 1.61 bits per heavy atom. The van der Waals surface area contributed by atoms with Crippen molar-refractivity contribution in [2.75, 3.05) is 17.7 Å². The molecule has 0 bridgehead atoms. The van der Waals surface area contributed by atoms with Gasteiger partial charge in [0, 0.05) is 19.0 Å². The Hall–Kier alpha value is -1.34. The van der Waals surface area contributed by atoms with E-state index in [-0.39, 0.29) is 24.0 Å². The zero-order chi connectivity index (χ0) is 13.3. The lowest BCUT2D eigenvalue weighted by Gasteiger charge is -2.15. The van der Waals surface area contributed by atoms with Gasteiger partial charge in [-0.3, -0.25) is 14.5 Å². The minimum absolute atomic E-state index is 0.00838. The number of anilines is 1. The molecule has 0 radical (unpaired) electrons. The third kappa shape index (κ3) is 2.56. The summed E-state index contributed by atoms with van der Waals surface area (Å²) in [6.45, 7) is 0.120. The fourth-order valence-electron chi connectivity index (χ4n) is 1.71. The van der Waals surface area contributed by atoms with Crippen LogP contribution in [0.25, 0.3) is 0 Å². The molecule has 0 saturated carbocycles. The maximum absolute atomic E-state index is 11.8. The van der Waals surface area contributed by atoms with Crippen molar-refractivity contribution >= 4 is 41.1 Å². The van der Waals surface area contributed by atoms with Gasteiger partial charge in [0.05, 0.1) is 5.92 Å². The van der Waals surface area contributed by atoms with Gasteiger partial charge in [-0.2, -0.15) is 0 Å². The Bertz CT molecular complexity index is 511. The smallest absolute Gasteiger partial charge is 0.308 e. The molecule has 1 aromatic heterocycles. The van der Waals surface area contributed by atoms with Gasteiger partial charge >= 0.3 is 5.97 Å². The molecule has 1 N–H and O–H groups in total. The van der Waals surface area contributed by atoms with Gasteiger partial charge in [-0.25, -0.2) is 9.97 Å². The van der Waals surface area contributed by atoms with Crippen molar-refractivity contribution < 1.29 is 14.7 Å². The lowest BCUT2D eigenvalue weighted by atomic mass is 10.1. The highest BCUT2D eigenvalue weighted by Crippen LogP contribution is 2.26. The van der Waals surface area contributed by atoms with Gasteiger partial charge in [0.25, 0.3) is 0 Å². The zero-order valence-electron chi connectivity index (χ0n) is 9.46. The Kier molecular flexibility index (Phi) is 3.72. The maximum atomic E-state index is 11.8. The number of nitrogens with zero attached hydrogens (tertiary/aromatic N) is 3. The molecule has 1 aliphatic heterocycles. The summed E-state index contributed by atoms with van der Waals surface area (Å²) in [5.41, 5.74) is 0. The SMILES string of the molecule is CSc1nc(Cl)cc(N2CC(C(=O)O)CC2=O)n1. The Morgan fingerprint density at radius 3 is 2.89 bits per heavy atom. The van der Waals surface area contributed by atoms with Crippen molar-refractivity contribution in [1.82, 2.24) is 9.97 Å². The van der Waals surface area contributed by atoms with E-state index in [1.54, 1.807) is 6.26 Å². The molecule has 18 heavy (non-hydrogen) atoms. The molecule has 1 atom stereocenters. The van der Waals surface area contributed by atoms with Crippen LogP contribution in [-0.4, -0.2) is 39.8 Å². The third-order valence-electron chi connectivity index (χ3n) is 2.59. The molecule has 1 aromatic rings. The summed E-state index contributed by atoms with van der Waals surface area (Å²) in [4.78, 5) is 32.1. The van der Waals surface area contributed by atoms with E-state index in [1.165, 1.54) is 22.7 Å². The van der Waals surface area contributed by atoms with Gasteiger partial charge in [0.15, 0.2) is 5.16 Å². The van der Waals surface area contributed by atoms with Gasteiger partial charge in [-0.15, -0.1) is 0 Å². The van der Waals surface area contributed by atoms with E-state index in [2.05, 4.69) is 9.97 Å². The van der Waals surface area contributed by atoms with Crippen molar-refractivity contribution in [2.24, 2.45) is 5.92 Å². The third-order valence-corrected chi connectivity index (χ3v) is 3.34. The molecular formula is C10H10ClN3O3S. The minimum Gasteiger partial charge on any atom is -0.481 e. The molecule has 8 heteroatoms. The van der Waals surface area contributed by atoms with Crippen LogP contribution >= 0.6 is 23.4 Å².